The van der Waals surface area contributed by atoms with Crippen molar-refractivity contribution in [2.75, 3.05) is 12.3 Å². The van der Waals surface area contributed by atoms with Gasteiger partial charge >= 0.3 is 0 Å². The van der Waals surface area contributed by atoms with E-state index in [2.05, 4.69) is 0 Å². The Labute approximate surface area is 111 Å². The molecule has 0 saturated heterocycles. The van der Waals surface area contributed by atoms with Crippen molar-refractivity contribution in [3.05, 3.63) is 59.4 Å². The molecule has 0 saturated carbocycles. The molecule has 4 heteroatoms. The first-order valence-electron chi connectivity index (χ1n) is 5.86. The van der Waals surface area contributed by atoms with Crippen molar-refractivity contribution >= 4 is 5.69 Å². The number of nitrogens with zero attached hydrogens (tertiary/aromatic N) is 1. The molecule has 0 heterocycles. The molecule has 0 spiro atoms. The van der Waals surface area contributed by atoms with Crippen LogP contribution in [-0.2, 0) is 6.42 Å². The summed E-state index contributed by atoms with van der Waals surface area (Å²) < 4.78 is 18.8. The number of rotatable bonds is 4. The zero-order valence-corrected chi connectivity index (χ0v) is 10.3. The van der Waals surface area contributed by atoms with Crippen LogP contribution in [0.15, 0.2) is 42.5 Å². The van der Waals surface area contributed by atoms with Crippen LogP contribution in [0.5, 0.6) is 5.75 Å². The molecule has 2 aromatic rings. The van der Waals surface area contributed by atoms with Crippen molar-refractivity contribution < 1.29 is 9.13 Å². The van der Waals surface area contributed by atoms with E-state index < -0.39 is 5.82 Å². The largest absolute Gasteiger partial charge is 0.493 e. The van der Waals surface area contributed by atoms with Crippen molar-refractivity contribution in [1.29, 1.82) is 5.26 Å². The number of nitriles is 1. The Morgan fingerprint density at radius 3 is 2.53 bits per heavy atom. The van der Waals surface area contributed by atoms with Gasteiger partial charge in [-0.05, 0) is 29.8 Å². The molecule has 0 radical (unpaired) electrons. The third-order valence-electron chi connectivity index (χ3n) is 2.70. The van der Waals surface area contributed by atoms with Crippen LogP contribution in [0.3, 0.4) is 0 Å². The maximum Gasteiger partial charge on any atom is 0.144 e. The van der Waals surface area contributed by atoms with Gasteiger partial charge in [-0.3, -0.25) is 0 Å². The Balaban J connectivity index is 1.91. The van der Waals surface area contributed by atoms with Crippen molar-refractivity contribution in [3.63, 3.8) is 0 Å². The summed E-state index contributed by atoms with van der Waals surface area (Å²) in [4.78, 5) is 0. The highest BCUT2D eigenvalue weighted by Gasteiger charge is 2.03. The van der Waals surface area contributed by atoms with Crippen LogP contribution < -0.4 is 10.5 Å². The molecule has 0 fully saturated rings. The van der Waals surface area contributed by atoms with Gasteiger partial charge in [0.15, 0.2) is 0 Å². The zero-order chi connectivity index (χ0) is 13.7. The second-order valence-electron chi connectivity index (χ2n) is 4.09. The minimum Gasteiger partial charge on any atom is -0.493 e. The molecule has 0 unspecified atom stereocenters. The lowest BCUT2D eigenvalue weighted by Gasteiger charge is -2.07. The van der Waals surface area contributed by atoms with Crippen molar-refractivity contribution in [1.82, 2.24) is 0 Å². The Kier molecular flexibility index (Phi) is 3.99. The highest BCUT2D eigenvalue weighted by atomic mass is 19.1. The van der Waals surface area contributed by atoms with Gasteiger partial charge in [0.25, 0.3) is 0 Å². The zero-order valence-electron chi connectivity index (χ0n) is 10.3. The van der Waals surface area contributed by atoms with Gasteiger partial charge in [0, 0.05) is 18.2 Å². The number of halogens is 1. The Bertz CT molecular complexity index is 603. The lowest BCUT2D eigenvalue weighted by Crippen LogP contribution is -2.02. The molecule has 2 aromatic carbocycles. The lowest BCUT2D eigenvalue weighted by atomic mass is 10.1. The van der Waals surface area contributed by atoms with Gasteiger partial charge in [-0.1, -0.05) is 12.1 Å². The quantitative estimate of drug-likeness (QED) is 0.856. The van der Waals surface area contributed by atoms with Gasteiger partial charge in [0.1, 0.15) is 17.6 Å². The van der Waals surface area contributed by atoms with Crippen LogP contribution >= 0.6 is 0 Å². The number of anilines is 1. The highest BCUT2D eigenvalue weighted by Crippen LogP contribution is 2.16. The summed E-state index contributed by atoms with van der Waals surface area (Å²) in [6.07, 6.45) is 0.710. The van der Waals surface area contributed by atoms with Crippen LogP contribution in [0.2, 0.25) is 0 Å². The van der Waals surface area contributed by atoms with E-state index in [1.807, 2.05) is 24.3 Å². The number of benzene rings is 2. The normalized spacial score (nSPS) is 9.89. The molecule has 2 N–H and O–H groups in total. The van der Waals surface area contributed by atoms with Crippen LogP contribution in [0.1, 0.15) is 11.1 Å². The minimum absolute atomic E-state index is 0.0193. The Hall–Kier alpha value is -2.54. The van der Waals surface area contributed by atoms with Gasteiger partial charge in [-0.15, -0.1) is 0 Å². The number of ether oxygens (including phenoxy) is 1. The fourth-order valence-electron chi connectivity index (χ4n) is 1.65. The smallest absolute Gasteiger partial charge is 0.144 e. The van der Waals surface area contributed by atoms with Crippen molar-refractivity contribution in [2.45, 2.75) is 6.42 Å². The standard InChI is InChI=1S/C15H13FN2O/c16-15-9-14(6-3-12(15)10-17)19-8-7-11-1-4-13(18)5-2-11/h1-6,9H,7-8,18H2. The summed E-state index contributed by atoms with van der Waals surface area (Å²) >= 11 is 0. The van der Waals surface area contributed by atoms with E-state index >= 15 is 0 Å². The molecule has 0 atom stereocenters. The third-order valence-corrected chi connectivity index (χ3v) is 2.70. The van der Waals surface area contributed by atoms with E-state index in [9.17, 15) is 4.39 Å². The molecule has 0 aromatic heterocycles. The first-order chi connectivity index (χ1) is 9.19. The lowest BCUT2D eigenvalue weighted by molar-refractivity contribution is 0.320. The van der Waals surface area contributed by atoms with Gasteiger partial charge in [-0.25, -0.2) is 4.39 Å². The molecule has 19 heavy (non-hydrogen) atoms. The van der Waals surface area contributed by atoms with E-state index in [0.717, 1.165) is 11.3 Å². The van der Waals surface area contributed by atoms with Gasteiger partial charge in [-0.2, -0.15) is 5.26 Å². The summed E-state index contributed by atoms with van der Waals surface area (Å²) in [6, 6.07) is 13.5. The van der Waals surface area contributed by atoms with Crippen molar-refractivity contribution in [2.24, 2.45) is 0 Å². The number of nitrogens with two attached hydrogens (primary N) is 1. The third kappa shape index (κ3) is 3.46. The molecule has 0 amide bonds. The maximum absolute atomic E-state index is 13.3. The summed E-state index contributed by atoms with van der Waals surface area (Å²) in [6.45, 7) is 0.440. The first-order valence-corrected chi connectivity index (χ1v) is 5.86. The van der Waals surface area contributed by atoms with Crippen LogP contribution in [0.25, 0.3) is 0 Å². The SMILES string of the molecule is N#Cc1ccc(OCCc2ccc(N)cc2)cc1F. The Morgan fingerprint density at radius 2 is 1.89 bits per heavy atom. The summed E-state index contributed by atoms with van der Waals surface area (Å²) in [7, 11) is 0. The minimum atomic E-state index is -0.563. The molecule has 96 valence electrons. The van der Waals surface area contributed by atoms with Gasteiger partial charge < -0.3 is 10.5 Å². The number of hydrogen-bond acceptors (Lipinski definition) is 3. The average Bonchev–Trinajstić information content (AvgIpc) is 2.41. The predicted octanol–water partition coefficient (Wildman–Crippen LogP) is 2.90. The molecule has 3 nitrogen and oxygen atoms in total. The fourth-order valence-corrected chi connectivity index (χ4v) is 1.65. The number of hydrogen-bond donors (Lipinski definition) is 1. The molecular weight excluding hydrogens is 243 g/mol. The van der Waals surface area contributed by atoms with E-state index in [0.29, 0.717) is 18.8 Å². The molecule has 2 rings (SSSR count). The van der Waals surface area contributed by atoms with Crippen LogP contribution in [0.4, 0.5) is 10.1 Å². The number of nitrogen functional groups attached to an aromatic ring is 1. The second kappa shape index (κ2) is 5.87. The predicted molar refractivity (Wildman–Crippen MR) is 71.2 cm³/mol. The maximum atomic E-state index is 13.3. The monoisotopic (exact) mass is 256 g/mol. The van der Waals surface area contributed by atoms with E-state index in [4.69, 9.17) is 15.7 Å². The average molecular weight is 256 g/mol. The van der Waals surface area contributed by atoms with Crippen molar-refractivity contribution in [3.8, 4) is 11.8 Å². The molecule has 0 aliphatic carbocycles. The first kappa shape index (κ1) is 12.9. The van der Waals surface area contributed by atoms with Gasteiger partial charge in [0.05, 0.1) is 12.2 Å². The molecule has 0 aliphatic rings. The Morgan fingerprint density at radius 1 is 1.16 bits per heavy atom. The topological polar surface area (TPSA) is 59.0 Å². The summed E-state index contributed by atoms with van der Waals surface area (Å²) in [5.74, 6) is -0.139. The van der Waals surface area contributed by atoms with E-state index in [-0.39, 0.29) is 5.56 Å². The second-order valence-corrected chi connectivity index (χ2v) is 4.09. The highest BCUT2D eigenvalue weighted by molar-refractivity contribution is 5.39. The van der Waals surface area contributed by atoms with Gasteiger partial charge in [0.2, 0.25) is 0 Å². The fraction of sp³-hybridized carbons (Fsp3) is 0.133. The van der Waals surface area contributed by atoms with Crippen LogP contribution in [0, 0.1) is 17.1 Å². The molecular formula is C15H13FN2O. The van der Waals surface area contributed by atoms with E-state index in [1.165, 1.54) is 12.1 Å². The molecule has 0 bridgehead atoms. The van der Waals surface area contributed by atoms with Crippen LogP contribution in [-0.4, -0.2) is 6.61 Å². The summed E-state index contributed by atoms with van der Waals surface area (Å²) in [5, 5.41) is 8.62. The summed E-state index contributed by atoms with van der Waals surface area (Å²) in [5.41, 5.74) is 7.43. The molecule has 0 aliphatic heterocycles. The van der Waals surface area contributed by atoms with E-state index in [1.54, 1.807) is 12.1 Å².